The fraction of sp³-hybridized carbons (Fsp3) is 0.476. The summed E-state index contributed by atoms with van der Waals surface area (Å²) in [7, 11) is 1.58. The van der Waals surface area contributed by atoms with Crippen LogP contribution in [-0.4, -0.2) is 48.0 Å². The maximum Gasteiger partial charge on any atom is 0.326 e. The second-order valence-electron chi connectivity index (χ2n) is 6.96. The number of amides is 1. The number of nitrogens with zero attached hydrogens (tertiary/aromatic N) is 1. The van der Waals surface area contributed by atoms with Gasteiger partial charge in [0.2, 0.25) is 0 Å². The van der Waals surface area contributed by atoms with Gasteiger partial charge >= 0.3 is 5.97 Å². The summed E-state index contributed by atoms with van der Waals surface area (Å²) in [5, 5.41) is 0. The van der Waals surface area contributed by atoms with Gasteiger partial charge in [-0.2, -0.15) is 0 Å². The lowest BCUT2D eigenvalue weighted by Crippen LogP contribution is -2.34. The molecule has 29 heavy (non-hydrogen) atoms. The van der Waals surface area contributed by atoms with Crippen LogP contribution in [0.5, 0.6) is 11.5 Å². The molecule has 1 aliphatic rings. The average Bonchev–Trinajstić information content (AvgIpc) is 2.94. The summed E-state index contributed by atoms with van der Waals surface area (Å²) < 4.78 is 16.6. The van der Waals surface area contributed by atoms with Crippen LogP contribution in [0.1, 0.15) is 39.2 Å². The Kier molecular flexibility index (Phi) is 8.98. The molecule has 158 valence electrons. The summed E-state index contributed by atoms with van der Waals surface area (Å²) in [5.41, 5.74) is 0.785. The first-order valence-electron chi connectivity index (χ1n) is 9.57. The van der Waals surface area contributed by atoms with Crippen molar-refractivity contribution in [2.24, 2.45) is 5.92 Å². The maximum absolute atomic E-state index is 12.7. The summed E-state index contributed by atoms with van der Waals surface area (Å²) in [6.07, 6.45) is 3.75. The van der Waals surface area contributed by atoms with Gasteiger partial charge in [-0.1, -0.05) is 57.2 Å². The van der Waals surface area contributed by atoms with Crippen LogP contribution in [0.25, 0.3) is 6.08 Å². The summed E-state index contributed by atoms with van der Waals surface area (Å²) in [6, 6.07) is 5.49. The van der Waals surface area contributed by atoms with Crippen LogP contribution >= 0.6 is 24.0 Å². The van der Waals surface area contributed by atoms with Gasteiger partial charge in [-0.3, -0.25) is 14.5 Å². The molecule has 0 atom stereocenters. The molecule has 1 fully saturated rings. The minimum atomic E-state index is -0.466. The van der Waals surface area contributed by atoms with Crippen LogP contribution in [0.2, 0.25) is 0 Å². The fourth-order valence-electron chi connectivity index (χ4n) is 2.44. The van der Waals surface area contributed by atoms with E-state index < -0.39 is 5.97 Å². The van der Waals surface area contributed by atoms with Crippen molar-refractivity contribution in [2.45, 2.75) is 33.6 Å². The minimum Gasteiger partial charge on any atom is -0.493 e. The molecule has 8 heteroatoms. The molecule has 0 aromatic heterocycles. The third-order valence-electron chi connectivity index (χ3n) is 3.98. The second kappa shape index (κ2) is 11.2. The third kappa shape index (κ3) is 6.75. The van der Waals surface area contributed by atoms with Crippen LogP contribution in [0.3, 0.4) is 0 Å². The zero-order valence-electron chi connectivity index (χ0n) is 17.2. The SMILES string of the molecule is CCCCOc1ccc(/C=C2\SC(=S)N(CC(=O)OCC(C)C)C2=O)cc1OC. The first kappa shape index (κ1) is 23.2. The molecule has 0 saturated carbocycles. The van der Waals surface area contributed by atoms with E-state index in [1.54, 1.807) is 13.2 Å². The van der Waals surface area contributed by atoms with Gasteiger partial charge in [-0.15, -0.1) is 0 Å². The number of hydrogen-bond acceptors (Lipinski definition) is 7. The quantitative estimate of drug-likeness (QED) is 0.234. The second-order valence-corrected chi connectivity index (χ2v) is 8.63. The third-order valence-corrected chi connectivity index (χ3v) is 5.36. The van der Waals surface area contributed by atoms with Crippen LogP contribution in [0.15, 0.2) is 23.1 Å². The van der Waals surface area contributed by atoms with E-state index in [9.17, 15) is 9.59 Å². The van der Waals surface area contributed by atoms with E-state index in [0.717, 1.165) is 18.4 Å². The van der Waals surface area contributed by atoms with Gasteiger partial charge in [-0.05, 0) is 36.1 Å². The van der Waals surface area contributed by atoms with E-state index in [2.05, 4.69) is 6.92 Å². The molecule has 1 heterocycles. The van der Waals surface area contributed by atoms with Crippen molar-refractivity contribution in [2.75, 3.05) is 26.9 Å². The van der Waals surface area contributed by atoms with Crippen molar-refractivity contribution in [3.05, 3.63) is 28.7 Å². The van der Waals surface area contributed by atoms with E-state index in [1.165, 1.54) is 16.7 Å². The number of rotatable bonds is 10. The number of carbonyl (C=O) groups is 2. The average molecular weight is 438 g/mol. The number of thiocarbonyl (C=S) groups is 1. The highest BCUT2D eigenvalue weighted by atomic mass is 32.2. The summed E-state index contributed by atoms with van der Waals surface area (Å²) >= 11 is 6.43. The Morgan fingerprint density at radius 1 is 1.31 bits per heavy atom. The molecule has 0 unspecified atom stereocenters. The summed E-state index contributed by atoms with van der Waals surface area (Å²) in [6.45, 7) is 6.76. The standard InChI is InChI=1S/C21H27NO5S2/c1-5-6-9-26-16-8-7-15(10-17(16)25-4)11-18-20(24)22(21(28)29-18)12-19(23)27-13-14(2)3/h7-8,10-11,14H,5-6,9,12-13H2,1-4H3/b18-11-. The zero-order valence-corrected chi connectivity index (χ0v) is 18.9. The Labute approximate surface area is 181 Å². The smallest absolute Gasteiger partial charge is 0.326 e. The van der Waals surface area contributed by atoms with E-state index in [1.807, 2.05) is 32.0 Å². The minimum absolute atomic E-state index is 0.178. The van der Waals surface area contributed by atoms with E-state index >= 15 is 0 Å². The molecular formula is C21H27NO5S2. The maximum atomic E-state index is 12.7. The van der Waals surface area contributed by atoms with Gasteiger partial charge < -0.3 is 14.2 Å². The van der Waals surface area contributed by atoms with Crippen molar-refractivity contribution < 1.29 is 23.8 Å². The van der Waals surface area contributed by atoms with Gasteiger partial charge in [0.25, 0.3) is 5.91 Å². The first-order chi connectivity index (χ1) is 13.8. The number of methoxy groups -OCH3 is 1. The van der Waals surface area contributed by atoms with Gasteiger partial charge in [-0.25, -0.2) is 0 Å². The van der Waals surface area contributed by atoms with Gasteiger partial charge in [0.05, 0.1) is 25.2 Å². The number of unbranched alkanes of at least 4 members (excludes halogenated alkanes) is 1. The summed E-state index contributed by atoms with van der Waals surface area (Å²) in [4.78, 5) is 26.4. The predicted octanol–water partition coefficient (Wildman–Crippen LogP) is 4.27. The van der Waals surface area contributed by atoms with Gasteiger partial charge in [0.15, 0.2) is 11.5 Å². The van der Waals surface area contributed by atoms with Crippen molar-refractivity contribution in [1.29, 1.82) is 0 Å². The lowest BCUT2D eigenvalue weighted by atomic mass is 10.2. The van der Waals surface area contributed by atoms with Crippen molar-refractivity contribution >= 4 is 46.3 Å². The Hall–Kier alpha value is -2.06. The van der Waals surface area contributed by atoms with E-state index in [-0.39, 0.29) is 18.4 Å². The van der Waals surface area contributed by atoms with Crippen molar-refractivity contribution in [3.63, 3.8) is 0 Å². The lowest BCUT2D eigenvalue weighted by Gasteiger charge is -2.14. The van der Waals surface area contributed by atoms with Crippen LogP contribution in [0.4, 0.5) is 0 Å². The molecule has 1 saturated heterocycles. The number of thioether (sulfide) groups is 1. The van der Waals surface area contributed by atoms with Gasteiger partial charge in [0.1, 0.15) is 10.9 Å². The van der Waals surface area contributed by atoms with Gasteiger partial charge in [0, 0.05) is 0 Å². The molecule has 1 aromatic carbocycles. The monoisotopic (exact) mass is 437 g/mol. The number of benzene rings is 1. The Balaban J connectivity index is 2.09. The number of ether oxygens (including phenoxy) is 3. The predicted molar refractivity (Wildman–Crippen MR) is 119 cm³/mol. The lowest BCUT2D eigenvalue weighted by molar-refractivity contribution is -0.147. The van der Waals surface area contributed by atoms with Crippen LogP contribution in [-0.2, 0) is 14.3 Å². The van der Waals surface area contributed by atoms with E-state index in [4.69, 9.17) is 26.4 Å². The molecule has 6 nitrogen and oxygen atoms in total. The zero-order chi connectivity index (χ0) is 21.4. The molecular weight excluding hydrogens is 410 g/mol. The molecule has 0 radical (unpaired) electrons. The number of hydrogen-bond donors (Lipinski definition) is 0. The number of esters is 1. The van der Waals surface area contributed by atoms with Crippen molar-refractivity contribution in [3.8, 4) is 11.5 Å². The molecule has 0 aliphatic carbocycles. The molecule has 0 spiro atoms. The Morgan fingerprint density at radius 3 is 2.72 bits per heavy atom. The molecule has 0 N–H and O–H groups in total. The Bertz CT molecular complexity index is 791. The number of carbonyl (C=O) groups excluding carboxylic acids is 2. The fourth-order valence-corrected chi connectivity index (χ4v) is 3.70. The largest absolute Gasteiger partial charge is 0.493 e. The highest BCUT2D eigenvalue weighted by molar-refractivity contribution is 8.26. The highest BCUT2D eigenvalue weighted by Crippen LogP contribution is 2.34. The van der Waals surface area contributed by atoms with E-state index in [0.29, 0.717) is 33.9 Å². The topological polar surface area (TPSA) is 65.1 Å². The van der Waals surface area contributed by atoms with Crippen molar-refractivity contribution in [1.82, 2.24) is 4.90 Å². The van der Waals surface area contributed by atoms with Crippen LogP contribution < -0.4 is 9.47 Å². The molecule has 2 rings (SSSR count). The molecule has 1 aliphatic heterocycles. The molecule has 1 amide bonds. The molecule has 1 aromatic rings. The Morgan fingerprint density at radius 2 is 2.07 bits per heavy atom. The van der Waals surface area contributed by atoms with Crippen LogP contribution in [0, 0.1) is 5.92 Å². The highest BCUT2D eigenvalue weighted by Gasteiger charge is 2.33. The normalized spacial score (nSPS) is 15.3. The first-order valence-corrected chi connectivity index (χ1v) is 10.8. The molecule has 0 bridgehead atoms. The summed E-state index contributed by atoms with van der Waals surface area (Å²) in [5.74, 6) is 0.727.